The average Bonchev–Trinajstić information content (AvgIpc) is 2.85. The van der Waals surface area contributed by atoms with E-state index < -0.39 is 29.4 Å². The first-order valence-electron chi connectivity index (χ1n) is 11.6. The fourth-order valence-electron chi connectivity index (χ4n) is 6.31. The number of methoxy groups -OCH3 is 1. The third-order valence-electron chi connectivity index (χ3n) is 8.00. The van der Waals surface area contributed by atoms with Crippen molar-refractivity contribution in [3.8, 4) is 5.75 Å². The lowest BCUT2D eigenvalue weighted by Crippen LogP contribution is -2.68. The number of rotatable bonds is 2. The predicted molar refractivity (Wildman–Crippen MR) is 125 cm³/mol. The zero-order valence-electron chi connectivity index (χ0n) is 20.2. The number of nitrogens with zero attached hydrogens (tertiary/aromatic N) is 2. The largest absolute Gasteiger partial charge is 0.497 e. The Morgan fingerprint density at radius 1 is 0.971 bits per heavy atom. The first kappa shape index (κ1) is 22.6. The number of imide groups is 2. The lowest BCUT2D eigenvalue weighted by molar-refractivity contribution is -0.206. The molecule has 3 atom stereocenters. The molecule has 1 spiro atoms. The van der Waals surface area contributed by atoms with E-state index >= 15 is 0 Å². The summed E-state index contributed by atoms with van der Waals surface area (Å²) in [6, 6.07) is 14.9. The number of carbonyl (C=O) groups is 3. The molecule has 3 aliphatic rings. The van der Waals surface area contributed by atoms with Crippen molar-refractivity contribution in [1.82, 2.24) is 9.80 Å². The number of benzene rings is 2. The van der Waals surface area contributed by atoms with Crippen LogP contribution in [0.5, 0.6) is 5.75 Å². The van der Waals surface area contributed by atoms with Gasteiger partial charge in [-0.15, -0.1) is 0 Å². The van der Waals surface area contributed by atoms with Crippen LogP contribution in [0.1, 0.15) is 43.1 Å². The van der Waals surface area contributed by atoms with Gasteiger partial charge >= 0.3 is 6.03 Å². The second kappa shape index (κ2) is 7.67. The van der Waals surface area contributed by atoms with E-state index in [1.165, 1.54) is 14.1 Å². The van der Waals surface area contributed by atoms with E-state index in [2.05, 4.69) is 26.0 Å². The lowest BCUT2D eigenvalue weighted by Gasteiger charge is -2.56. The summed E-state index contributed by atoms with van der Waals surface area (Å²) >= 11 is 0. The summed E-state index contributed by atoms with van der Waals surface area (Å²) in [7, 11) is 4.53. The molecule has 4 amide bonds. The molecule has 0 radical (unpaired) electrons. The maximum atomic E-state index is 13.8. The van der Waals surface area contributed by atoms with Crippen LogP contribution in [-0.4, -0.2) is 55.0 Å². The number of amides is 4. The third kappa shape index (κ3) is 2.96. The summed E-state index contributed by atoms with van der Waals surface area (Å²) in [6.45, 7) is 4.29. The number of hydrogen-bond donors (Lipinski definition) is 0. The molecule has 178 valence electrons. The minimum absolute atomic E-state index is 0.0706. The first-order valence-corrected chi connectivity index (χ1v) is 11.6. The van der Waals surface area contributed by atoms with Crippen molar-refractivity contribution in [3.05, 3.63) is 65.2 Å². The molecule has 7 nitrogen and oxygen atoms in total. The number of carbonyl (C=O) groups excluding carboxylic acids is 3. The number of fused-ring (bicyclic) bond motifs is 2. The van der Waals surface area contributed by atoms with Gasteiger partial charge in [0.15, 0.2) is 5.41 Å². The monoisotopic (exact) mass is 462 g/mol. The summed E-state index contributed by atoms with van der Waals surface area (Å²) in [4.78, 5) is 42.3. The Kier molecular flexibility index (Phi) is 5.09. The molecular weight excluding hydrogens is 432 g/mol. The maximum absolute atomic E-state index is 13.8. The standard InChI is InChI=1S/C27H30N2O5/c1-26(2)20-14-19(33-5)12-11-17(20)13-18-15-27(23(30)28(3)25(32)29(4)24(27)31)22(34-21(18)26)16-9-7-6-8-10-16/h6-12,14,18,21-22H,13,15H2,1-5H3/t18-,21-,22-/m0/s1. The summed E-state index contributed by atoms with van der Waals surface area (Å²) in [6.07, 6.45) is -0.0409. The van der Waals surface area contributed by atoms with Crippen molar-refractivity contribution in [1.29, 1.82) is 0 Å². The van der Waals surface area contributed by atoms with E-state index in [-0.39, 0.29) is 17.4 Å². The summed E-state index contributed by atoms with van der Waals surface area (Å²) < 4.78 is 12.3. The molecule has 7 heteroatoms. The Morgan fingerprint density at radius 3 is 2.24 bits per heavy atom. The van der Waals surface area contributed by atoms with E-state index in [1.807, 2.05) is 36.4 Å². The van der Waals surface area contributed by atoms with Gasteiger partial charge in [0.2, 0.25) is 11.8 Å². The van der Waals surface area contributed by atoms with Gasteiger partial charge in [-0.1, -0.05) is 50.2 Å². The van der Waals surface area contributed by atoms with Gasteiger partial charge in [0.1, 0.15) is 11.9 Å². The maximum Gasteiger partial charge on any atom is 0.332 e. The Hall–Kier alpha value is -3.19. The SMILES string of the molecule is COc1ccc2c(c1)C(C)(C)[C@H]1O[C@@H](c3ccccc3)C3(C[C@@H]1C2)C(=O)N(C)C(=O)N(C)C3=O. The zero-order chi connectivity index (χ0) is 24.4. The highest BCUT2D eigenvalue weighted by molar-refractivity contribution is 6.19. The van der Waals surface area contributed by atoms with Crippen molar-refractivity contribution < 1.29 is 23.9 Å². The molecule has 2 heterocycles. The lowest BCUT2D eigenvalue weighted by atomic mass is 9.58. The van der Waals surface area contributed by atoms with Crippen LogP contribution in [0.15, 0.2) is 48.5 Å². The molecule has 0 aromatic heterocycles. The minimum Gasteiger partial charge on any atom is -0.497 e. The predicted octanol–water partition coefficient (Wildman–Crippen LogP) is 3.71. The van der Waals surface area contributed by atoms with Gasteiger partial charge in [0.25, 0.3) is 0 Å². The molecule has 34 heavy (non-hydrogen) atoms. The number of hydrogen-bond acceptors (Lipinski definition) is 5. The Labute approximate surface area is 199 Å². The summed E-state index contributed by atoms with van der Waals surface area (Å²) in [5.41, 5.74) is 1.19. The van der Waals surface area contributed by atoms with Crippen molar-refractivity contribution in [2.75, 3.05) is 21.2 Å². The highest BCUT2D eigenvalue weighted by Crippen LogP contribution is 2.57. The minimum atomic E-state index is -1.50. The Bertz CT molecular complexity index is 1150. The Balaban J connectivity index is 1.67. The number of ether oxygens (including phenoxy) is 2. The molecule has 2 fully saturated rings. The van der Waals surface area contributed by atoms with Crippen LogP contribution < -0.4 is 4.74 Å². The van der Waals surface area contributed by atoms with Crippen LogP contribution in [0.25, 0.3) is 0 Å². The molecule has 0 N–H and O–H groups in total. The van der Waals surface area contributed by atoms with Crippen molar-refractivity contribution in [3.63, 3.8) is 0 Å². The zero-order valence-corrected chi connectivity index (χ0v) is 20.2. The van der Waals surface area contributed by atoms with Crippen LogP contribution in [0.3, 0.4) is 0 Å². The molecule has 5 rings (SSSR count). The molecule has 2 aliphatic heterocycles. The highest BCUT2D eigenvalue weighted by atomic mass is 16.5. The van der Waals surface area contributed by atoms with E-state index in [1.54, 1.807) is 7.11 Å². The van der Waals surface area contributed by atoms with E-state index in [0.29, 0.717) is 12.8 Å². The molecule has 1 aliphatic carbocycles. The van der Waals surface area contributed by atoms with Gasteiger partial charge in [-0.2, -0.15) is 0 Å². The fourth-order valence-corrected chi connectivity index (χ4v) is 6.31. The van der Waals surface area contributed by atoms with Gasteiger partial charge in [-0.25, -0.2) is 4.79 Å². The van der Waals surface area contributed by atoms with Crippen LogP contribution in [0, 0.1) is 11.3 Å². The van der Waals surface area contributed by atoms with Gasteiger partial charge in [-0.3, -0.25) is 19.4 Å². The average molecular weight is 463 g/mol. The van der Waals surface area contributed by atoms with E-state index in [9.17, 15) is 14.4 Å². The quantitative estimate of drug-likeness (QED) is 0.636. The molecule has 0 saturated carbocycles. The second-order valence-electron chi connectivity index (χ2n) is 10.2. The van der Waals surface area contributed by atoms with Gasteiger partial charge in [-0.05, 0) is 47.6 Å². The number of urea groups is 1. The topological polar surface area (TPSA) is 76.2 Å². The Morgan fingerprint density at radius 2 is 1.62 bits per heavy atom. The summed E-state index contributed by atoms with van der Waals surface area (Å²) in [5, 5.41) is 0. The van der Waals surface area contributed by atoms with Gasteiger partial charge in [0, 0.05) is 19.5 Å². The molecule has 2 aromatic carbocycles. The van der Waals surface area contributed by atoms with Crippen molar-refractivity contribution in [2.45, 2.75) is 44.3 Å². The van der Waals surface area contributed by atoms with Crippen molar-refractivity contribution in [2.24, 2.45) is 11.3 Å². The normalized spacial score (nSPS) is 27.4. The van der Waals surface area contributed by atoms with Crippen LogP contribution in [-0.2, 0) is 26.2 Å². The highest BCUT2D eigenvalue weighted by Gasteiger charge is 2.66. The first-order chi connectivity index (χ1) is 16.1. The van der Waals surface area contributed by atoms with Gasteiger partial charge in [0.05, 0.1) is 13.2 Å². The third-order valence-corrected chi connectivity index (χ3v) is 8.00. The molecule has 2 aromatic rings. The van der Waals surface area contributed by atoms with Crippen LogP contribution in [0.2, 0.25) is 0 Å². The van der Waals surface area contributed by atoms with Crippen LogP contribution >= 0.6 is 0 Å². The smallest absolute Gasteiger partial charge is 0.332 e. The van der Waals surface area contributed by atoms with Crippen molar-refractivity contribution >= 4 is 17.8 Å². The molecule has 2 saturated heterocycles. The summed E-state index contributed by atoms with van der Waals surface area (Å²) in [5.74, 6) is -0.271. The van der Waals surface area contributed by atoms with E-state index in [4.69, 9.17) is 9.47 Å². The fraction of sp³-hybridized carbons (Fsp3) is 0.444. The van der Waals surface area contributed by atoms with Crippen LogP contribution in [0.4, 0.5) is 4.79 Å². The van der Waals surface area contributed by atoms with Gasteiger partial charge < -0.3 is 9.47 Å². The van der Waals surface area contributed by atoms with E-state index in [0.717, 1.165) is 32.2 Å². The second-order valence-corrected chi connectivity index (χ2v) is 10.2. The molecule has 0 unspecified atom stereocenters. The molecule has 0 bridgehead atoms. The molecular formula is C27H30N2O5. The number of barbiturate groups is 1.